The van der Waals surface area contributed by atoms with Gasteiger partial charge in [0.15, 0.2) is 5.43 Å². The lowest BCUT2D eigenvalue weighted by Gasteiger charge is -2.26. The Bertz CT molecular complexity index is 1530. The van der Waals surface area contributed by atoms with Gasteiger partial charge < -0.3 is 9.32 Å². The molecular formula is C30H28ClNO3. The van der Waals surface area contributed by atoms with Crippen molar-refractivity contribution >= 4 is 28.5 Å². The fraction of sp³-hybridized carbons (Fsp3) is 0.267. The topological polar surface area (TPSA) is 50.5 Å². The van der Waals surface area contributed by atoms with Crippen LogP contribution in [0.15, 0.2) is 69.9 Å². The van der Waals surface area contributed by atoms with Crippen molar-refractivity contribution < 1.29 is 9.21 Å². The first-order valence-electron chi connectivity index (χ1n) is 11.8. The van der Waals surface area contributed by atoms with Crippen LogP contribution in [0, 0.1) is 13.8 Å². The quantitative estimate of drug-likeness (QED) is 0.311. The summed E-state index contributed by atoms with van der Waals surface area (Å²) in [4.78, 5) is 29.3. The van der Waals surface area contributed by atoms with Gasteiger partial charge in [-0.3, -0.25) is 9.59 Å². The highest BCUT2D eigenvalue weighted by molar-refractivity contribution is 6.31. The number of amides is 1. The molecule has 1 aliphatic heterocycles. The average Bonchev–Trinajstić information content (AvgIpc) is 3.08. The molecule has 3 aromatic carbocycles. The summed E-state index contributed by atoms with van der Waals surface area (Å²) in [5.41, 5.74) is 5.53. The molecule has 0 N–H and O–H groups in total. The maximum atomic E-state index is 13.8. The third kappa shape index (κ3) is 3.96. The molecule has 0 radical (unpaired) electrons. The van der Waals surface area contributed by atoms with Gasteiger partial charge in [-0.1, -0.05) is 74.8 Å². The van der Waals surface area contributed by atoms with E-state index < -0.39 is 6.04 Å². The lowest BCUT2D eigenvalue weighted by molar-refractivity contribution is 0.0714. The number of aryl methyl sites for hydroxylation is 2. The lowest BCUT2D eigenvalue weighted by atomic mass is 9.86. The van der Waals surface area contributed by atoms with Crippen LogP contribution in [0.5, 0.6) is 0 Å². The molecule has 4 nitrogen and oxygen atoms in total. The van der Waals surface area contributed by atoms with Gasteiger partial charge in [-0.05, 0) is 65.3 Å². The van der Waals surface area contributed by atoms with Crippen LogP contribution in [0.4, 0.5) is 0 Å². The fourth-order valence-corrected chi connectivity index (χ4v) is 4.96. The molecule has 0 aliphatic carbocycles. The maximum absolute atomic E-state index is 13.8. The van der Waals surface area contributed by atoms with Crippen molar-refractivity contribution in [2.45, 2.75) is 52.6 Å². The van der Waals surface area contributed by atoms with E-state index in [1.165, 1.54) is 5.56 Å². The van der Waals surface area contributed by atoms with Crippen molar-refractivity contribution in [1.82, 2.24) is 4.90 Å². The van der Waals surface area contributed by atoms with Gasteiger partial charge in [0.1, 0.15) is 5.58 Å². The molecule has 0 saturated carbocycles. The van der Waals surface area contributed by atoms with Crippen LogP contribution in [-0.2, 0) is 12.0 Å². The van der Waals surface area contributed by atoms with Gasteiger partial charge >= 0.3 is 0 Å². The molecular weight excluding hydrogens is 458 g/mol. The number of fused-ring (bicyclic) bond motifs is 2. The fourth-order valence-electron chi connectivity index (χ4n) is 4.76. The first kappa shape index (κ1) is 23.4. The van der Waals surface area contributed by atoms with Gasteiger partial charge in [-0.15, -0.1) is 0 Å². The second-order valence-electron chi connectivity index (χ2n) is 10.4. The minimum atomic E-state index is -0.565. The van der Waals surface area contributed by atoms with Crippen molar-refractivity contribution in [3.8, 4) is 0 Å². The summed E-state index contributed by atoms with van der Waals surface area (Å²) >= 11 is 6.45. The largest absolute Gasteiger partial charge is 0.450 e. The van der Waals surface area contributed by atoms with E-state index >= 15 is 0 Å². The van der Waals surface area contributed by atoms with Gasteiger partial charge in [-0.2, -0.15) is 0 Å². The Morgan fingerprint density at radius 3 is 2.26 bits per heavy atom. The van der Waals surface area contributed by atoms with Gasteiger partial charge in [-0.25, -0.2) is 0 Å². The van der Waals surface area contributed by atoms with E-state index in [4.69, 9.17) is 16.0 Å². The van der Waals surface area contributed by atoms with Crippen LogP contribution < -0.4 is 5.43 Å². The SMILES string of the molecule is Cc1cc2oc3c(c(=O)c2cc1C)C(c1ccc(C(C)(C)C)cc1)N(Cc1ccccc1Cl)C3=O. The number of carbonyl (C=O) groups is 1. The molecule has 1 aliphatic rings. The van der Waals surface area contributed by atoms with Gasteiger partial charge in [0.25, 0.3) is 5.91 Å². The lowest BCUT2D eigenvalue weighted by Crippen LogP contribution is -2.29. The van der Waals surface area contributed by atoms with Crippen LogP contribution in [0.25, 0.3) is 11.0 Å². The molecule has 178 valence electrons. The van der Waals surface area contributed by atoms with E-state index in [1.807, 2.05) is 56.3 Å². The summed E-state index contributed by atoms with van der Waals surface area (Å²) < 4.78 is 6.14. The molecule has 0 fully saturated rings. The highest BCUT2D eigenvalue weighted by Gasteiger charge is 2.43. The Labute approximate surface area is 210 Å². The summed E-state index contributed by atoms with van der Waals surface area (Å²) in [6.07, 6.45) is 0. The van der Waals surface area contributed by atoms with Crippen molar-refractivity contribution in [1.29, 1.82) is 0 Å². The molecule has 5 heteroatoms. The Morgan fingerprint density at radius 1 is 0.943 bits per heavy atom. The van der Waals surface area contributed by atoms with E-state index in [1.54, 1.807) is 11.0 Å². The van der Waals surface area contributed by atoms with E-state index in [0.29, 0.717) is 21.6 Å². The highest BCUT2D eigenvalue weighted by atomic mass is 35.5. The zero-order valence-electron chi connectivity index (χ0n) is 20.6. The first-order valence-corrected chi connectivity index (χ1v) is 12.2. The standard InChI is InChI=1S/C30H28ClNO3/c1-17-14-22-24(15-18(17)2)35-28-25(27(22)33)26(19-10-12-21(13-11-19)30(3,4)5)32(29(28)34)16-20-8-6-7-9-23(20)31/h6-15,26H,16H2,1-5H3. The summed E-state index contributed by atoms with van der Waals surface area (Å²) in [6.45, 7) is 10.7. The van der Waals surface area contributed by atoms with E-state index in [9.17, 15) is 9.59 Å². The second kappa shape index (κ2) is 8.39. The number of hydrogen-bond acceptors (Lipinski definition) is 3. The Balaban J connectivity index is 1.73. The van der Waals surface area contributed by atoms with Gasteiger partial charge in [0.05, 0.1) is 17.0 Å². The predicted molar refractivity (Wildman–Crippen MR) is 140 cm³/mol. The molecule has 1 aromatic heterocycles. The van der Waals surface area contributed by atoms with E-state index in [2.05, 4.69) is 32.9 Å². The van der Waals surface area contributed by atoms with Crippen molar-refractivity contribution in [2.24, 2.45) is 0 Å². The number of carbonyl (C=O) groups excluding carboxylic acids is 1. The molecule has 0 saturated heterocycles. The van der Waals surface area contributed by atoms with Crippen LogP contribution in [0.3, 0.4) is 0 Å². The van der Waals surface area contributed by atoms with E-state index in [-0.39, 0.29) is 29.1 Å². The third-order valence-corrected chi connectivity index (χ3v) is 7.34. The molecule has 35 heavy (non-hydrogen) atoms. The third-order valence-electron chi connectivity index (χ3n) is 6.97. The normalized spacial score (nSPS) is 15.7. The highest BCUT2D eigenvalue weighted by Crippen LogP contribution is 2.40. The van der Waals surface area contributed by atoms with Crippen LogP contribution in [0.2, 0.25) is 5.02 Å². The molecule has 0 spiro atoms. The molecule has 0 bridgehead atoms. The zero-order chi connectivity index (χ0) is 25.1. The number of nitrogens with zero attached hydrogens (tertiary/aromatic N) is 1. The summed E-state index contributed by atoms with van der Waals surface area (Å²) in [5.74, 6) is -0.190. The Morgan fingerprint density at radius 2 is 1.60 bits per heavy atom. The molecule has 1 amide bonds. The summed E-state index contributed by atoms with van der Waals surface area (Å²) in [7, 11) is 0. The first-order chi connectivity index (χ1) is 16.6. The molecule has 5 rings (SSSR count). The van der Waals surface area contributed by atoms with Gasteiger partial charge in [0.2, 0.25) is 5.76 Å². The number of halogens is 1. The predicted octanol–water partition coefficient (Wildman–Crippen LogP) is 7.11. The summed E-state index contributed by atoms with van der Waals surface area (Å²) in [5, 5.41) is 1.07. The van der Waals surface area contributed by atoms with Crippen LogP contribution >= 0.6 is 11.6 Å². The number of hydrogen-bond donors (Lipinski definition) is 0. The van der Waals surface area contributed by atoms with Crippen LogP contribution in [0.1, 0.15) is 70.7 Å². The molecule has 1 atom stereocenters. The monoisotopic (exact) mass is 485 g/mol. The summed E-state index contributed by atoms with van der Waals surface area (Å²) in [6, 6.07) is 18.8. The van der Waals surface area contributed by atoms with Crippen molar-refractivity contribution in [3.05, 3.63) is 115 Å². The molecule has 2 heterocycles. The molecule has 1 unspecified atom stereocenters. The number of benzene rings is 3. The minimum Gasteiger partial charge on any atom is -0.450 e. The van der Waals surface area contributed by atoms with Crippen molar-refractivity contribution in [3.63, 3.8) is 0 Å². The Hall–Kier alpha value is -3.37. The smallest absolute Gasteiger partial charge is 0.291 e. The Kier molecular flexibility index (Phi) is 5.60. The van der Waals surface area contributed by atoms with Gasteiger partial charge in [0, 0.05) is 11.6 Å². The average molecular weight is 486 g/mol. The second-order valence-corrected chi connectivity index (χ2v) is 10.8. The minimum absolute atomic E-state index is 0.0101. The van der Waals surface area contributed by atoms with E-state index in [0.717, 1.165) is 22.3 Å². The van der Waals surface area contributed by atoms with Crippen molar-refractivity contribution in [2.75, 3.05) is 0 Å². The zero-order valence-corrected chi connectivity index (χ0v) is 21.4. The molecule has 4 aromatic rings. The maximum Gasteiger partial charge on any atom is 0.291 e. The number of rotatable bonds is 3. The van der Waals surface area contributed by atoms with Crippen LogP contribution in [-0.4, -0.2) is 10.8 Å².